The largest absolute Gasteiger partial charge is 0.443 e. The fraction of sp³-hybridized carbons (Fsp3) is 0.300. The van der Waals surface area contributed by atoms with Gasteiger partial charge in [0.25, 0.3) is 0 Å². The van der Waals surface area contributed by atoms with E-state index in [2.05, 4.69) is 0 Å². The van der Waals surface area contributed by atoms with Gasteiger partial charge >= 0.3 is 6.09 Å². The van der Waals surface area contributed by atoms with Crippen molar-refractivity contribution < 1.29 is 14.3 Å². The summed E-state index contributed by atoms with van der Waals surface area (Å²) in [4.78, 5) is 26.7. The van der Waals surface area contributed by atoms with Crippen molar-refractivity contribution in [2.45, 2.75) is 39.2 Å². The Bertz CT molecular complexity index is 805. The van der Waals surface area contributed by atoms with Crippen LogP contribution in [-0.4, -0.2) is 17.6 Å². The molecule has 1 heterocycles. The molecule has 124 valence electrons. The molecule has 0 N–H and O–H groups in total. The van der Waals surface area contributed by atoms with E-state index in [0.717, 1.165) is 21.6 Å². The summed E-state index contributed by atoms with van der Waals surface area (Å²) in [5.74, 6) is -0.746. The van der Waals surface area contributed by atoms with Gasteiger partial charge in [-0.1, -0.05) is 48.0 Å². The Labute approximate surface area is 142 Å². The molecule has 0 bridgehead atoms. The van der Waals surface area contributed by atoms with Crippen molar-refractivity contribution in [3.05, 3.63) is 65.2 Å². The standard InChI is InChI=1S/C20H21NO3/c1-13-8-7-9-14(12-13)17-15-10-5-6-11-16(15)21(18(17)22)19(23)24-20(2,3)4/h5-12,17H,1-4H3. The van der Waals surface area contributed by atoms with Crippen molar-refractivity contribution in [3.8, 4) is 0 Å². The van der Waals surface area contributed by atoms with Crippen molar-refractivity contribution in [1.82, 2.24) is 0 Å². The lowest BCUT2D eigenvalue weighted by atomic mass is 9.92. The van der Waals surface area contributed by atoms with Crippen LogP contribution >= 0.6 is 0 Å². The molecule has 1 aliphatic rings. The number of para-hydroxylation sites is 1. The number of rotatable bonds is 1. The number of carbonyl (C=O) groups excluding carboxylic acids is 2. The first-order chi connectivity index (χ1) is 11.3. The predicted octanol–water partition coefficient (Wildman–Crippen LogP) is 4.41. The van der Waals surface area contributed by atoms with E-state index in [4.69, 9.17) is 4.74 Å². The zero-order valence-electron chi connectivity index (χ0n) is 14.4. The first kappa shape index (κ1) is 16.2. The molecule has 2 aromatic rings. The van der Waals surface area contributed by atoms with E-state index in [1.165, 1.54) is 0 Å². The fourth-order valence-electron chi connectivity index (χ4n) is 2.98. The average molecular weight is 323 g/mol. The van der Waals surface area contributed by atoms with Gasteiger partial charge in [0.05, 0.1) is 11.6 Å². The Hall–Kier alpha value is -2.62. The summed E-state index contributed by atoms with van der Waals surface area (Å²) in [6, 6.07) is 15.2. The van der Waals surface area contributed by atoms with Crippen molar-refractivity contribution in [2.75, 3.05) is 4.90 Å². The number of carbonyl (C=O) groups is 2. The first-order valence-electron chi connectivity index (χ1n) is 8.00. The summed E-state index contributed by atoms with van der Waals surface area (Å²) in [6.07, 6.45) is -0.630. The molecule has 4 heteroatoms. The van der Waals surface area contributed by atoms with Crippen LogP contribution in [0.1, 0.15) is 43.4 Å². The number of nitrogens with zero attached hydrogens (tertiary/aromatic N) is 1. The number of fused-ring (bicyclic) bond motifs is 1. The number of hydrogen-bond acceptors (Lipinski definition) is 3. The molecule has 0 aliphatic carbocycles. The van der Waals surface area contributed by atoms with Crippen LogP contribution in [-0.2, 0) is 9.53 Å². The average Bonchev–Trinajstić information content (AvgIpc) is 2.77. The molecule has 0 saturated heterocycles. The summed E-state index contributed by atoms with van der Waals surface area (Å²) >= 11 is 0. The van der Waals surface area contributed by atoms with Gasteiger partial charge in [0.2, 0.25) is 5.91 Å². The highest BCUT2D eigenvalue weighted by molar-refractivity contribution is 6.20. The van der Waals surface area contributed by atoms with E-state index in [1.807, 2.05) is 49.4 Å². The van der Waals surface area contributed by atoms with Crippen molar-refractivity contribution in [2.24, 2.45) is 0 Å². The second kappa shape index (κ2) is 5.78. The highest BCUT2D eigenvalue weighted by Crippen LogP contribution is 2.41. The normalized spacial score (nSPS) is 16.9. The number of anilines is 1. The van der Waals surface area contributed by atoms with Gasteiger partial charge in [-0.05, 0) is 44.9 Å². The van der Waals surface area contributed by atoms with Gasteiger partial charge in [-0.25, -0.2) is 9.69 Å². The van der Waals surface area contributed by atoms with Crippen LogP contribution in [0.2, 0.25) is 0 Å². The molecule has 0 aromatic heterocycles. The number of benzene rings is 2. The third-order valence-corrected chi connectivity index (χ3v) is 3.91. The summed E-state index contributed by atoms with van der Waals surface area (Å²) in [5, 5.41) is 0. The summed E-state index contributed by atoms with van der Waals surface area (Å²) in [7, 11) is 0. The SMILES string of the molecule is Cc1cccc(C2C(=O)N(C(=O)OC(C)(C)C)c3ccccc32)c1. The molecule has 1 aliphatic heterocycles. The molecule has 2 aromatic carbocycles. The number of hydrogen-bond donors (Lipinski definition) is 0. The Morgan fingerprint density at radius 2 is 1.79 bits per heavy atom. The molecule has 1 atom stereocenters. The zero-order valence-corrected chi connectivity index (χ0v) is 14.4. The zero-order chi connectivity index (χ0) is 17.5. The maximum atomic E-state index is 13.0. The number of amides is 2. The van der Waals surface area contributed by atoms with Crippen LogP contribution in [0.5, 0.6) is 0 Å². The molecule has 1 unspecified atom stereocenters. The van der Waals surface area contributed by atoms with Crippen LogP contribution in [0.3, 0.4) is 0 Å². The van der Waals surface area contributed by atoms with E-state index < -0.39 is 17.6 Å². The maximum absolute atomic E-state index is 13.0. The van der Waals surface area contributed by atoms with Crippen LogP contribution < -0.4 is 4.90 Å². The molecule has 2 amide bonds. The minimum absolute atomic E-state index is 0.268. The van der Waals surface area contributed by atoms with Crippen molar-refractivity contribution >= 4 is 17.7 Å². The molecule has 4 nitrogen and oxygen atoms in total. The molecule has 24 heavy (non-hydrogen) atoms. The molecule has 0 radical (unpaired) electrons. The van der Waals surface area contributed by atoms with Gasteiger partial charge in [-0.2, -0.15) is 0 Å². The topological polar surface area (TPSA) is 46.6 Å². The number of imide groups is 1. The summed E-state index contributed by atoms with van der Waals surface area (Å²) < 4.78 is 5.42. The van der Waals surface area contributed by atoms with Gasteiger partial charge in [-0.15, -0.1) is 0 Å². The molecule has 0 saturated carbocycles. The van der Waals surface area contributed by atoms with E-state index in [1.54, 1.807) is 26.8 Å². The Morgan fingerprint density at radius 3 is 2.46 bits per heavy atom. The van der Waals surface area contributed by atoms with Crippen LogP contribution in [0.25, 0.3) is 0 Å². The van der Waals surface area contributed by atoms with Crippen LogP contribution in [0.4, 0.5) is 10.5 Å². The second-order valence-electron chi connectivity index (χ2n) is 7.06. The van der Waals surface area contributed by atoms with Gasteiger partial charge in [0, 0.05) is 0 Å². The Morgan fingerprint density at radius 1 is 1.08 bits per heavy atom. The lowest BCUT2D eigenvalue weighted by Gasteiger charge is -2.24. The predicted molar refractivity (Wildman–Crippen MR) is 93.2 cm³/mol. The Balaban J connectivity index is 2.06. The Kier molecular flexibility index (Phi) is 3.91. The second-order valence-corrected chi connectivity index (χ2v) is 7.06. The smallest absolute Gasteiger partial charge is 0.421 e. The highest BCUT2D eigenvalue weighted by Gasteiger charge is 2.43. The van der Waals surface area contributed by atoms with Gasteiger partial charge in [0.1, 0.15) is 5.60 Å². The molecule has 3 rings (SSSR count). The van der Waals surface area contributed by atoms with E-state index in [9.17, 15) is 9.59 Å². The molecular weight excluding hydrogens is 302 g/mol. The molecule has 0 spiro atoms. The monoisotopic (exact) mass is 323 g/mol. The number of aryl methyl sites for hydroxylation is 1. The van der Waals surface area contributed by atoms with Gasteiger partial charge in [-0.3, -0.25) is 4.79 Å². The summed E-state index contributed by atoms with van der Waals surface area (Å²) in [5.41, 5.74) is 2.74. The lowest BCUT2D eigenvalue weighted by Crippen LogP contribution is -2.39. The third-order valence-electron chi connectivity index (χ3n) is 3.91. The van der Waals surface area contributed by atoms with Gasteiger partial charge < -0.3 is 4.74 Å². The minimum Gasteiger partial charge on any atom is -0.443 e. The molecular formula is C20H21NO3. The quantitative estimate of drug-likeness (QED) is 0.781. The van der Waals surface area contributed by atoms with E-state index in [0.29, 0.717) is 5.69 Å². The summed E-state index contributed by atoms with van der Waals surface area (Å²) in [6.45, 7) is 7.35. The van der Waals surface area contributed by atoms with E-state index in [-0.39, 0.29) is 5.91 Å². The number of ether oxygens (including phenoxy) is 1. The maximum Gasteiger partial charge on any atom is 0.421 e. The highest BCUT2D eigenvalue weighted by atomic mass is 16.6. The first-order valence-corrected chi connectivity index (χ1v) is 8.00. The van der Waals surface area contributed by atoms with Crippen molar-refractivity contribution in [1.29, 1.82) is 0 Å². The van der Waals surface area contributed by atoms with E-state index >= 15 is 0 Å². The minimum atomic E-state index is -0.659. The van der Waals surface area contributed by atoms with Crippen LogP contribution in [0, 0.1) is 6.92 Å². The van der Waals surface area contributed by atoms with Crippen molar-refractivity contribution in [3.63, 3.8) is 0 Å². The van der Waals surface area contributed by atoms with Gasteiger partial charge in [0.15, 0.2) is 0 Å². The lowest BCUT2D eigenvalue weighted by molar-refractivity contribution is -0.118. The fourth-order valence-corrected chi connectivity index (χ4v) is 2.98. The van der Waals surface area contributed by atoms with Crippen LogP contribution in [0.15, 0.2) is 48.5 Å². The molecule has 0 fully saturated rings. The third kappa shape index (κ3) is 2.92.